The molecule has 0 amide bonds. The smallest absolute Gasteiger partial charge is 0.338 e. The minimum absolute atomic E-state index is 0.0298. The highest BCUT2D eigenvalue weighted by Crippen LogP contribution is 2.35. The number of nitro groups is 1. The van der Waals surface area contributed by atoms with Crippen molar-refractivity contribution in [2.24, 2.45) is 4.99 Å². The lowest BCUT2D eigenvalue weighted by molar-refractivity contribution is -0.387. The molecule has 3 rings (SSSR count). The van der Waals surface area contributed by atoms with Gasteiger partial charge in [-0.3, -0.25) is 15.1 Å². The lowest BCUT2D eigenvalue weighted by Crippen LogP contribution is -2.03. The lowest BCUT2D eigenvalue weighted by atomic mass is 10.2. The van der Waals surface area contributed by atoms with Crippen molar-refractivity contribution in [2.75, 3.05) is 6.61 Å². The molecule has 6 nitrogen and oxygen atoms in total. The molecule has 3 aromatic carbocycles. The zero-order valence-electron chi connectivity index (χ0n) is 16.6. The van der Waals surface area contributed by atoms with Gasteiger partial charge in [0.1, 0.15) is 0 Å². The molecule has 0 unspecified atom stereocenters. The van der Waals surface area contributed by atoms with Crippen LogP contribution in [0.4, 0.5) is 11.4 Å². The van der Waals surface area contributed by atoms with Gasteiger partial charge in [0, 0.05) is 17.2 Å². The molecule has 0 aliphatic rings. The fourth-order valence-electron chi connectivity index (χ4n) is 2.62. The number of hydrogen-bond acceptors (Lipinski definition) is 6. The normalized spacial score (nSPS) is 10.9. The van der Waals surface area contributed by atoms with Crippen molar-refractivity contribution in [1.29, 1.82) is 0 Å². The van der Waals surface area contributed by atoms with Crippen LogP contribution in [-0.2, 0) is 4.74 Å². The highest BCUT2D eigenvalue weighted by Gasteiger charge is 2.15. The molecular formula is C23H20N2O4S. The van der Waals surface area contributed by atoms with E-state index >= 15 is 0 Å². The number of esters is 1. The molecule has 0 heterocycles. The van der Waals surface area contributed by atoms with Crippen molar-refractivity contribution in [2.45, 2.75) is 23.6 Å². The summed E-state index contributed by atoms with van der Waals surface area (Å²) < 4.78 is 4.95. The second kappa shape index (κ2) is 9.84. The average Bonchev–Trinajstić information content (AvgIpc) is 2.75. The van der Waals surface area contributed by atoms with E-state index in [4.69, 9.17) is 4.74 Å². The predicted octanol–water partition coefficient (Wildman–Crippen LogP) is 5.98. The molecule has 0 aliphatic heterocycles. The van der Waals surface area contributed by atoms with Crippen molar-refractivity contribution in [3.63, 3.8) is 0 Å². The van der Waals surface area contributed by atoms with Crippen LogP contribution in [0.1, 0.15) is 28.4 Å². The number of aliphatic imine (C=N–C) groups is 1. The number of ether oxygens (including phenoxy) is 1. The van der Waals surface area contributed by atoms with Gasteiger partial charge >= 0.3 is 5.97 Å². The van der Waals surface area contributed by atoms with Crippen molar-refractivity contribution < 1.29 is 14.5 Å². The van der Waals surface area contributed by atoms with E-state index in [9.17, 15) is 14.9 Å². The third-order valence-electron chi connectivity index (χ3n) is 4.17. The molecular weight excluding hydrogens is 400 g/mol. The Balaban J connectivity index is 1.78. The Labute approximate surface area is 178 Å². The maximum atomic E-state index is 11.7. The number of hydrogen-bond donors (Lipinski definition) is 0. The summed E-state index contributed by atoms with van der Waals surface area (Å²) in [6.45, 7) is 4.06. The second-order valence-electron chi connectivity index (χ2n) is 6.42. The van der Waals surface area contributed by atoms with E-state index in [0.717, 1.165) is 10.5 Å². The van der Waals surface area contributed by atoms with Gasteiger partial charge in [-0.1, -0.05) is 35.5 Å². The molecule has 3 aromatic rings. The molecule has 0 atom stereocenters. The van der Waals surface area contributed by atoms with Crippen LogP contribution in [0.5, 0.6) is 0 Å². The molecule has 0 bridgehead atoms. The summed E-state index contributed by atoms with van der Waals surface area (Å²) >= 11 is 1.35. The molecule has 0 spiro atoms. The van der Waals surface area contributed by atoms with Crippen molar-refractivity contribution in [3.8, 4) is 0 Å². The van der Waals surface area contributed by atoms with Gasteiger partial charge in [0.25, 0.3) is 5.69 Å². The molecule has 30 heavy (non-hydrogen) atoms. The van der Waals surface area contributed by atoms with Gasteiger partial charge in [-0.15, -0.1) is 0 Å². The van der Waals surface area contributed by atoms with E-state index in [2.05, 4.69) is 4.99 Å². The summed E-state index contributed by atoms with van der Waals surface area (Å²) in [6, 6.07) is 19.5. The van der Waals surface area contributed by atoms with E-state index < -0.39 is 0 Å². The number of nitro benzene ring substituents is 1. The van der Waals surface area contributed by atoms with Crippen LogP contribution in [0.3, 0.4) is 0 Å². The summed E-state index contributed by atoms with van der Waals surface area (Å²) in [5.41, 5.74) is 2.86. The molecule has 0 aromatic heterocycles. The zero-order chi connectivity index (χ0) is 21.5. The maximum Gasteiger partial charge on any atom is 0.338 e. The lowest BCUT2D eigenvalue weighted by Gasteiger charge is -2.05. The average molecular weight is 420 g/mol. The van der Waals surface area contributed by atoms with Crippen LogP contribution >= 0.6 is 11.8 Å². The number of carbonyl (C=O) groups excluding carboxylic acids is 1. The number of aryl methyl sites for hydroxylation is 1. The second-order valence-corrected chi connectivity index (χ2v) is 7.54. The van der Waals surface area contributed by atoms with Crippen LogP contribution in [-0.4, -0.2) is 23.7 Å². The molecule has 7 heteroatoms. The monoisotopic (exact) mass is 420 g/mol. The molecule has 0 aliphatic carbocycles. The zero-order valence-corrected chi connectivity index (χ0v) is 17.4. The van der Waals surface area contributed by atoms with Gasteiger partial charge < -0.3 is 4.74 Å². The number of nitrogens with zero attached hydrogens (tertiary/aromatic N) is 2. The summed E-state index contributed by atoms with van der Waals surface area (Å²) in [5.74, 6) is -0.384. The summed E-state index contributed by atoms with van der Waals surface area (Å²) in [4.78, 5) is 28.7. The fourth-order valence-corrected chi connectivity index (χ4v) is 3.52. The highest BCUT2D eigenvalue weighted by molar-refractivity contribution is 7.99. The molecule has 0 saturated heterocycles. The Kier molecular flexibility index (Phi) is 6.98. The van der Waals surface area contributed by atoms with E-state index in [1.165, 1.54) is 17.8 Å². The Morgan fingerprint density at radius 2 is 1.80 bits per heavy atom. The molecule has 0 N–H and O–H groups in total. The van der Waals surface area contributed by atoms with Crippen molar-refractivity contribution in [1.82, 2.24) is 0 Å². The van der Waals surface area contributed by atoms with Crippen LogP contribution in [0.15, 0.2) is 81.5 Å². The van der Waals surface area contributed by atoms with E-state index in [0.29, 0.717) is 28.3 Å². The number of benzene rings is 3. The molecule has 0 radical (unpaired) electrons. The topological polar surface area (TPSA) is 81.8 Å². The summed E-state index contributed by atoms with van der Waals surface area (Å²) in [7, 11) is 0. The van der Waals surface area contributed by atoms with Gasteiger partial charge in [0.2, 0.25) is 0 Å². The fraction of sp³-hybridized carbons (Fsp3) is 0.130. The maximum absolute atomic E-state index is 11.7. The van der Waals surface area contributed by atoms with Gasteiger partial charge in [-0.2, -0.15) is 0 Å². The predicted molar refractivity (Wildman–Crippen MR) is 118 cm³/mol. The van der Waals surface area contributed by atoms with Gasteiger partial charge in [0.05, 0.1) is 27.7 Å². The SMILES string of the molecule is CCOC(=O)c1ccc(N=Cc2ccc(Sc3ccc(C)cc3)c([N+](=O)[O-])c2)cc1. The molecule has 0 fully saturated rings. The first-order valence-corrected chi connectivity index (χ1v) is 10.1. The third kappa shape index (κ3) is 5.55. The van der Waals surface area contributed by atoms with Crippen LogP contribution in [0.2, 0.25) is 0 Å². The Hall–Kier alpha value is -3.45. The van der Waals surface area contributed by atoms with E-state index in [1.807, 2.05) is 31.2 Å². The van der Waals surface area contributed by atoms with Gasteiger partial charge in [-0.25, -0.2) is 4.79 Å². The minimum atomic E-state index is -0.387. The Morgan fingerprint density at radius 1 is 1.10 bits per heavy atom. The van der Waals surface area contributed by atoms with Gasteiger partial charge in [-0.05, 0) is 61.9 Å². The Bertz CT molecular complexity index is 1080. The minimum Gasteiger partial charge on any atom is -0.462 e. The van der Waals surface area contributed by atoms with Crippen molar-refractivity contribution >= 4 is 35.3 Å². The van der Waals surface area contributed by atoms with Gasteiger partial charge in [0.15, 0.2) is 0 Å². The van der Waals surface area contributed by atoms with E-state index in [1.54, 1.807) is 49.5 Å². The number of rotatable bonds is 7. The third-order valence-corrected chi connectivity index (χ3v) is 5.24. The van der Waals surface area contributed by atoms with Crippen LogP contribution in [0.25, 0.3) is 0 Å². The Morgan fingerprint density at radius 3 is 2.43 bits per heavy atom. The largest absolute Gasteiger partial charge is 0.462 e. The molecule has 152 valence electrons. The first-order valence-electron chi connectivity index (χ1n) is 9.30. The van der Waals surface area contributed by atoms with Crippen LogP contribution < -0.4 is 0 Å². The van der Waals surface area contributed by atoms with E-state index in [-0.39, 0.29) is 16.6 Å². The summed E-state index contributed by atoms with van der Waals surface area (Å²) in [5, 5.41) is 11.6. The van der Waals surface area contributed by atoms with Crippen molar-refractivity contribution in [3.05, 3.63) is 93.5 Å². The first kappa shape index (κ1) is 21.3. The quantitative estimate of drug-likeness (QED) is 0.203. The van der Waals surface area contributed by atoms with Crippen LogP contribution in [0, 0.1) is 17.0 Å². The number of carbonyl (C=O) groups is 1. The molecule has 0 saturated carbocycles. The summed E-state index contributed by atoms with van der Waals surface area (Å²) in [6.07, 6.45) is 1.56. The standard InChI is InChI=1S/C23H20N2O4S/c1-3-29-23(26)18-7-9-19(10-8-18)24-15-17-6-13-22(21(14-17)25(27)28)30-20-11-4-16(2)5-12-20/h4-15H,3H2,1-2H3. The first-order chi connectivity index (χ1) is 14.5. The highest BCUT2D eigenvalue weighted by atomic mass is 32.2.